The maximum Gasteiger partial charge on any atom is 0.341 e. The van der Waals surface area contributed by atoms with Gasteiger partial charge in [0.2, 0.25) is 0 Å². The van der Waals surface area contributed by atoms with E-state index in [1.807, 2.05) is 6.92 Å². The highest BCUT2D eigenvalue weighted by molar-refractivity contribution is 9.10. The number of aryl methyl sites for hydroxylation is 1. The van der Waals surface area contributed by atoms with E-state index in [0.717, 1.165) is 17.5 Å². The number of hydrogen-bond donors (Lipinski definition) is 1. The van der Waals surface area contributed by atoms with Crippen molar-refractivity contribution in [1.82, 2.24) is 9.66 Å². The number of carbonyl (C=O) groups is 1. The number of aromatic nitrogens is 2. The van der Waals surface area contributed by atoms with Crippen molar-refractivity contribution in [3.63, 3.8) is 0 Å². The molecule has 3 rings (SSSR count). The van der Waals surface area contributed by atoms with Crippen LogP contribution in [0.3, 0.4) is 0 Å². The Kier molecular flexibility index (Phi) is 7.31. The Labute approximate surface area is 190 Å². The molecule has 0 fully saturated rings. The van der Waals surface area contributed by atoms with E-state index in [-0.39, 0.29) is 17.0 Å². The topological polar surface area (TPSA) is 137 Å². The number of unbranched alkanes of at least 4 members (excludes halogenated alkanes) is 1. The Morgan fingerprint density at radius 3 is 2.81 bits per heavy atom. The molecule has 0 amide bonds. The summed E-state index contributed by atoms with van der Waals surface area (Å²) in [4.78, 5) is 39.1. The number of hydrogen-bond acceptors (Lipinski definition) is 7. The van der Waals surface area contributed by atoms with E-state index in [1.54, 1.807) is 18.2 Å². The molecule has 0 saturated heterocycles. The number of aliphatic carboxylic acids is 1. The Morgan fingerprint density at radius 1 is 1.34 bits per heavy atom. The molecule has 1 aromatic heterocycles. The van der Waals surface area contributed by atoms with Crippen molar-refractivity contribution in [1.29, 1.82) is 0 Å². The summed E-state index contributed by atoms with van der Waals surface area (Å²) in [7, 11) is 0. The zero-order valence-corrected chi connectivity index (χ0v) is 18.6. The molecule has 1 heterocycles. The molecule has 0 aliphatic heterocycles. The predicted octanol–water partition coefficient (Wildman–Crippen LogP) is 3.76. The first-order chi connectivity index (χ1) is 15.3. The van der Waals surface area contributed by atoms with Gasteiger partial charge in [0.1, 0.15) is 11.6 Å². The van der Waals surface area contributed by atoms with Crippen LogP contribution in [0, 0.1) is 10.1 Å². The number of nitrogens with zero attached hydrogens (tertiary/aromatic N) is 4. The number of fused-ring (bicyclic) bond motifs is 1. The zero-order valence-electron chi connectivity index (χ0n) is 17.0. The molecule has 1 N–H and O–H groups in total. The second-order valence-electron chi connectivity index (χ2n) is 6.82. The van der Waals surface area contributed by atoms with E-state index in [2.05, 4.69) is 26.0 Å². The molecule has 166 valence electrons. The monoisotopic (exact) mass is 502 g/mol. The van der Waals surface area contributed by atoms with Crippen LogP contribution in [0.1, 0.15) is 31.2 Å². The quantitative estimate of drug-likeness (QED) is 0.267. The zero-order chi connectivity index (χ0) is 23.3. The van der Waals surface area contributed by atoms with E-state index in [1.165, 1.54) is 24.4 Å². The van der Waals surface area contributed by atoms with E-state index in [4.69, 9.17) is 9.84 Å². The first-order valence-corrected chi connectivity index (χ1v) is 10.5. The van der Waals surface area contributed by atoms with Crippen LogP contribution in [0.15, 0.2) is 50.8 Å². The molecule has 0 saturated carbocycles. The molecule has 0 unspecified atom stereocenters. The number of nitro groups is 1. The van der Waals surface area contributed by atoms with Crippen molar-refractivity contribution in [2.45, 2.75) is 26.2 Å². The minimum Gasteiger partial charge on any atom is -0.481 e. The smallest absolute Gasteiger partial charge is 0.341 e. The third-order valence-corrected chi connectivity index (χ3v) is 4.99. The van der Waals surface area contributed by atoms with Gasteiger partial charge in [0.25, 0.3) is 11.2 Å². The van der Waals surface area contributed by atoms with Crippen LogP contribution in [0.2, 0.25) is 0 Å². The fraction of sp³-hybridized carbons (Fsp3) is 0.238. The minimum absolute atomic E-state index is 0.0846. The summed E-state index contributed by atoms with van der Waals surface area (Å²) >= 11 is 3.34. The number of benzene rings is 2. The summed E-state index contributed by atoms with van der Waals surface area (Å²) in [5, 5.41) is 24.6. The summed E-state index contributed by atoms with van der Waals surface area (Å²) < 4.78 is 7.08. The molecule has 0 atom stereocenters. The number of ether oxygens (including phenoxy) is 1. The fourth-order valence-electron chi connectivity index (χ4n) is 2.95. The highest BCUT2D eigenvalue weighted by Gasteiger charge is 2.14. The van der Waals surface area contributed by atoms with Gasteiger partial charge in [-0.05, 0) is 30.7 Å². The summed E-state index contributed by atoms with van der Waals surface area (Å²) in [6.45, 7) is 1.38. The van der Waals surface area contributed by atoms with Crippen LogP contribution >= 0.6 is 15.9 Å². The molecule has 11 heteroatoms. The van der Waals surface area contributed by atoms with E-state index < -0.39 is 23.1 Å². The third-order valence-electron chi connectivity index (χ3n) is 4.50. The lowest BCUT2D eigenvalue weighted by molar-refractivity contribution is -0.384. The number of carboxylic acid groups (broad SMARTS) is 1. The van der Waals surface area contributed by atoms with Gasteiger partial charge in [-0.2, -0.15) is 9.78 Å². The van der Waals surface area contributed by atoms with Gasteiger partial charge >= 0.3 is 5.97 Å². The van der Waals surface area contributed by atoms with E-state index in [0.29, 0.717) is 27.6 Å². The molecule has 10 nitrogen and oxygen atoms in total. The van der Waals surface area contributed by atoms with Gasteiger partial charge in [-0.25, -0.2) is 9.78 Å². The van der Waals surface area contributed by atoms with Crippen molar-refractivity contribution in [3.8, 4) is 5.75 Å². The minimum atomic E-state index is -1.20. The third kappa shape index (κ3) is 5.35. The number of nitro benzene ring substituents is 1. The van der Waals surface area contributed by atoms with E-state index in [9.17, 15) is 19.7 Å². The lowest BCUT2D eigenvalue weighted by Gasteiger charge is -2.10. The average molecular weight is 503 g/mol. The van der Waals surface area contributed by atoms with Crippen LogP contribution < -0.4 is 10.3 Å². The second-order valence-corrected chi connectivity index (χ2v) is 7.73. The molecular weight excluding hydrogens is 484 g/mol. The molecule has 32 heavy (non-hydrogen) atoms. The van der Waals surface area contributed by atoms with Gasteiger partial charge in [0.05, 0.1) is 22.0 Å². The van der Waals surface area contributed by atoms with Crippen LogP contribution in [-0.4, -0.2) is 38.5 Å². The maximum atomic E-state index is 13.1. The van der Waals surface area contributed by atoms with E-state index >= 15 is 0 Å². The molecule has 3 aromatic rings. The first-order valence-electron chi connectivity index (χ1n) is 9.68. The number of non-ortho nitro benzene ring substituents is 1. The molecule has 0 radical (unpaired) electrons. The Bertz CT molecular complexity index is 1270. The lowest BCUT2D eigenvalue weighted by atomic mass is 10.2. The number of rotatable bonds is 9. The first kappa shape index (κ1) is 23.1. The van der Waals surface area contributed by atoms with Crippen LogP contribution in [0.25, 0.3) is 10.9 Å². The summed E-state index contributed by atoms with van der Waals surface area (Å²) in [5.41, 5.74) is 0.0741. The van der Waals surface area contributed by atoms with Crippen molar-refractivity contribution < 1.29 is 19.6 Å². The van der Waals surface area contributed by atoms with Crippen molar-refractivity contribution in [2.75, 3.05) is 6.61 Å². The normalized spacial score (nSPS) is 11.2. The van der Waals surface area contributed by atoms with Crippen LogP contribution in [0.4, 0.5) is 5.69 Å². The summed E-state index contributed by atoms with van der Waals surface area (Å²) in [6.07, 6.45) is 3.41. The van der Waals surface area contributed by atoms with Gasteiger partial charge in [0.15, 0.2) is 6.61 Å². The molecular formula is C21H19BrN4O6. The SMILES string of the molecule is CCCCc1nc2ccc(Br)cc2c(=O)n1N=Cc1cc([N+](=O)[O-])ccc1OCC(=O)O. The summed E-state index contributed by atoms with van der Waals surface area (Å²) in [5.74, 6) is -0.670. The fourth-order valence-corrected chi connectivity index (χ4v) is 3.31. The molecule has 0 aliphatic rings. The van der Waals surface area contributed by atoms with Gasteiger partial charge < -0.3 is 9.84 Å². The average Bonchev–Trinajstić information content (AvgIpc) is 2.76. The molecule has 0 spiro atoms. The molecule has 2 aromatic carbocycles. The highest BCUT2D eigenvalue weighted by Crippen LogP contribution is 2.23. The lowest BCUT2D eigenvalue weighted by Crippen LogP contribution is -2.22. The Hall–Kier alpha value is -3.60. The maximum absolute atomic E-state index is 13.1. The largest absolute Gasteiger partial charge is 0.481 e. The second kappa shape index (κ2) is 10.1. The number of carboxylic acids is 1. The molecule has 0 bridgehead atoms. The van der Waals surface area contributed by atoms with Gasteiger partial charge in [-0.1, -0.05) is 29.3 Å². The van der Waals surface area contributed by atoms with Crippen molar-refractivity contribution >= 4 is 44.7 Å². The Morgan fingerprint density at radius 2 is 2.12 bits per heavy atom. The van der Waals surface area contributed by atoms with Crippen LogP contribution in [0.5, 0.6) is 5.75 Å². The predicted molar refractivity (Wildman–Crippen MR) is 122 cm³/mol. The van der Waals surface area contributed by atoms with Gasteiger partial charge in [0, 0.05) is 28.6 Å². The van der Waals surface area contributed by atoms with Crippen LogP contribution in [-0.2, 0) is 11.2 Å². The van der Waals surface area contributed by atoms with Crippen molar-refractivity contribution in [3.05, 3.63) is 72.7 Å². The standard InChI is InChI=1S/C21H19BrN4O6/c1-2-3-4-19-24-17-7-5-14(22)10-16(17)21(29)25(19)23-11-13-9-15(26(30)31)6-8-18(13)32-12-20(27)28/h5-11H,2-4,12H2,1H3,(H,27,28). The molecule has 0 aliphatic carbocycles. The van der Waals surface area contributed by atoms with Gasteiger partial charge in [-0.15, -0.1) is 0 Å². The van der Waals surface area contributed by atoms with Crippen molar-refractivity contribution in [2.24, 2.45) is 5.10 Å². The Balaban J connectivity index is 2.13. The highest BCUT2D eigenvalue weighted by atomic mass is 79.9. The summed E-state index contributed by atoms with van der Waals surface area (Å²) in [6, 6.07) is 8.86. The number of halogens is 1. The van der Waals surface area contributed by atoms with Gasteiger partial charge in [-0.3, -0.25) is 14.9 Å².